The van der Waals surface area contributed by atoms with Gasteiger partial charge in [0.15, 0.2) is 0 Å². The zero-order valence-electron chi connectivity index (χ0n) is 18.2. The predicted octanol–water partition coefficient (Wildman–Crippen LogP) is 4.06. The molecule has 1 aliphatic heterocycles. The number of aromatic nitrogens is 1. The van der Waals surface area contributed by atoms with E-state index < -0.39 is 0 Å². The molecule has 1 aliphatic rings. The molecule has 0 atom stereocenters. The number of carbonyl (C=O) groups excluding carboxylic acids is 1. The summed E-state index contributed by atoms with van der Waals surface area (Å²) in [5.41, 5.74) is 10.5. The molecule has 3 aromatic heterocycles. The van der Waals surface area contributed by atoms with Crippen molar-refractivity contribution >= 4 is 49.9 Å². The fourth-order valence-electron chi connectivity index (χ4n) is 3.77. The van der Waals surface area contributed by atoms with E-state index in [0.29, 0.717) is 12.4 Å². The van der Waals surface area contributed by atoms with Crippen molar-refractivity contribution in [1.82, 2.24) is 14.8 Å². The maximum absolute atomic E-state index is 12.7. The number of pyridine rings is 1. The number of amides is 1. The monoisotopic (exact) mass is 456 g/mol. The first-order valence-electron chi connectivity index (χ1n) is 10.4. The van der Waals surface area contributed by atoms with Crippen LogP contribution < -0.4 is 5.73 Å². The SMILES string of the molecule is Cc1csc2sc(CN(C)C(=O)C=Cc3cnc(N)c(CN4CCOCC4)c3)c(C)c12. The number of fused-ring (bicyclic) bond motifs is 1. The molecular formula is C23H28N4O2S2. The summed E-state index contributed by atoms with van der Waals surface area (Å²) in [6, 6.07) is 2.02. The first kappa shape index (κ1) is 22.0. The molecule has 8 heteroatoms. The average Bonchev–Trinajstić information content (AvgIpc) is 3.28. The van der Waals surface area contributed by atoms with Crippen LogP contribution in [0.15, 0.2) is 23.7 Å². The van der Waals surface area contributed by atoms with Crippen LogP contribution in [-0.4, -0.2) is 54.0 Å². The minimum Gasteiger partial charge on any atom is -0.383 e. The topological polar surface area (TPSA) is 71.7 Å². The molecule has 0 unspecified atom stereocenters. The van der Waals surface area contributed by atoms with Gasteiger partial charge in [0.2, 0.25) is 5.91 Å². The van der Waals surface area contributed by atoms with Crippen molar-refractivity contribution in [1.29, 1.82) is 0 Å². The summed E-state index contributed by atoms with van der Waals surface area (Å²) in [7, 11) is 1.85. The Morgan fingerprint density at radius 2 is 2.13 bits per heavy atom. The molecule has 0 saturated carbocycles. The lowest BCUT2D eigenvalue weighted by Crippen LogP contribution is -2.35. The number of rotatable bonds is 6. The highest BCUT2D eigenvalue weighted by atomic mass is 32.2. The van der Waals surface area contributed by atoms with E-state index in [1.807, 2.05) is 19.2 Å². The fourth-order valence-corrected chi connectivity index (χ4v) is 6.39. The molecule has 164 valence electrons. The number of nitrogens with two attached hydrogens (primary N) is 1. The third-order valence-corrected chi connectivity index (χ3v) is 8.15. The van der Waals surface area contributed by atoms with Crippen LogP contribution >= 0.6 is 22.7 Å². The van der Waals surface area contributed by atoms with E-state index >= 15 is 0 Å². The Balaban J connectivity index is 1.41. The van der Waals surface area contributed by atoms with E-state index in [2.05, 4.69) is 29.1 Å². The Kier molecular flexibility index (Phi) is 6.71. The summed E-state index contributed by atoms with van der Waals surface area (Å²) >= 11 is 3.57. The Hall–Kier alpha value is -2.26. The summed E-state index contributed by atoms with van der Waals surface area (Å²) in [6.07, 6.45) is 5.14. The molecule has 0 aliphatic carbocycles. The lowest BCUT2D eigenvalue weighted by Gasteiger charge is -2.26. The molecule has 1 amide bonds. The quantitative estimate of drug-likeness (QED) is 0.567. The first-order chi connectivity index (χ1) is 14.9. The van der Waals surface area contributed by atoms with Gasteiger partial charge in [-0.1, -0.05) is 0 Å². The third-order valence-electron chi connectivity index (χ3n) is 5.65. The fraction of sp³-hybridized carbons (Fsp3) is 0.391. The van der Waals surface area contributed by atoms with E-state index in [1.165, 1.54) is 25.4 Å². The highest BCUT2D eigenvalue weighted by molar-refractivity contribution is 7.37. The van der Waals surface area contributed by atoms with E-state index in [1.54, 1.807) is 39.8 Å². The summed E-state index contributed by atoms with van der Waals surface area (Å²) in [5, 5.41) is 3.55. The van der Waals surface area contributed by atoms with E-state index in [9.17, 15) is 4.79 Å². The standard InChI is InChI=1S/C23H28N4O2S2/c1-15-14-30-23-21(15)16(2)19(31-23)13-26(3)20(28)5-4-17-10-18(22(24)25-11-17)12-27-6-8-29-9-7-27/h4-5,10-11,14H,6-9,12-13H2,1-3H3,(H2,24,25). The number of ether oxygens (including phenoxy) is 1. The zero-order valence-corrected chi connectivity index (χ0v) is 19.8. The second-order valence-electron chi connectivity index (χ2n) is 7.96. The van der Waals surface area contributed by atoms with Gasteiger partial charge in [-0.2, -0.15) is 0 Å². The van der Waals surface area contributed by atoms with Gasteiger partial charge in [0, 0.05) is 54.8 Å². The van der Waals surface area contributed by atoms with E-state index in [0.717, 1.165) is 44.0 Å². The van der Waals surface area contributed by atoms with Gasteiger partial charge in [0.1, 0.15) is 5.82 Å². The number of likely N-dealkylation sites (N-methyl/N-ethyl adjacent to an activating group) is 1. The van der Waals surface area contributed by atoms with Crippen LogP contribution in [0.2, 0.25) is 0 Å². The van der Waals surface area contributed by atoms with Crippen molar-refractivity contribution in [2.24, 2.45) is 0 Å². The van der Waals surface area contributed by atoms with Crippen molar-refractivity contribution in [2.45, 2.75) is 26.9 Å². The Labute approximate surface area is 190 Å². The highest BCUT2D eigenvalue weighted by Crippen LogP contribution is 2.38. The smallest absolute Gasteiger partial charge is 0.246 e. The van der Waals surface area contributed by atoms with Crippen LogP contribution in [0.25, 0.3) is 15.5 Å². The maximum Gasteiger partial charge on any atom is 0.246 e. The molecule has 2 N–H and O–H groups in total. The number of nitrogens with zero attached hydrogens (tertiary/aromatic N) is 3. The second-order valence-corrected chi connectivity index (χ2v) is 10.2. The molecule has 1 fully saturated rings. The van der Waals surface area contributed by atoms with Crippen molar-refractivity contribution in [3.8, 4) is 0 Å². The Morgan fingerprint density at radius 1 is 1.35 bits per heavy atom. The Bertz CT molecular complexity index is 1110. The second kappa shape index (κ2) is 9.48. The molecule has 4 heterocycles. The summed E-state index contributed by atoms with van der Waals surface area (Å²) in [4.78, 5) is 22.3. The Morgan fingerprint density at radius 3 is 2.87 bits per heavy atom. The van der Waals surface area contributed by atoms with Crippen LogP contribution in [0.4, 0.5) is 5.82 Å². The number of anilines is 1. The molecular weight excluding hydrogens is 428 g/mol. The van der Waals surface area contributed by atoms with Gasteiger partial charge in [-0.3, -0.25) is 9.69 Å². The molecule has 1 saturated heterocycles. The molecule has 3 aromatic rings. The van der Waals surface area contributed by atoms with Crippen molar-refractivity contribution < 1.29 is 9.53 Å². The number of nitrogen functional groups attached to an aromatic ring is 1. The van der Waals surface area contributed by atoms with Gasteiger partial charge in [0.25, 0.3) is 0 Å². The number of aryl methyl sites for hydroxylation is 2. The molecule has 0 aromatic carbocycles. The lowest BCUT2D eigenvalue weighted by molar-refractivity contribution is -0.125. The molecule has 6 nitrogen and oxygen atoms in total. The molecule has 0 spiro atoms. The van der Waals surface area contributed by atoms with Crippen LogP contribution in [0.5, 0.6) is 0 Å². The van der Waals surface area contributed by atoms with Gasteiger partial charge >= 0.3 is 0 Å². The lowest BCUT2D eigenvalue weighted by atomic mass is 10.1. The summed E-state index contributed by atoms with van der Waals surface area (Å²) < 4.78 is 6.74. The average molecular weight is 457 g/mol. The van der Waals surface area contributed by atoms with Gasteiger partial charge in [-0.25, -0.2) is 4.98 Å². The van der Waals surface area contributed by atoms with Crippen LogP contribution in [-0.2, 0) is 22.6 Å². The minimum absolute atomic E-state index is 0.0283. The van der Waals surface area contributed by atoms with Crippen molar-refractivity contribution in [3.63, 3.8) is 0 Å². The first-order valence-corrected chi connectivity index (χ1v) is 12.1. The summed E-state index contributed by atoms with van der Waals surface area (Å²) in [6.45, 7) is 8.93. The number of carbonyl (C=O) groups is 1. The number of thiophene rings is 2. The predicted molar refractivity (Wildman–Crippen MR) is 129 cm³/mol. The molecule has 4 rings (SSSR count). The minimum atomic E-state index is -0.0283. The molecule has 31 heavy (non-hydrogen) atoms. The van der Waals surface area contributed by atoms with Crippen LogP contribution in [0, 0.1) is 13.8 Å². The van der Waals surface area contributed by atoms with Crippen molar-refractivity contribution in [2.75, 3.05) is 39.1 Å². The van der Waals surface area contributed by atoms with E-state index in [-0.39, 0.29) is 5.91 Å². The van der Waals surface area contributed by atoms with Gasteiger partial charge in [-0.15, -0.1) is 22.7 Å². The largest absolute Gasteiger partial charge is 0.383 e. The normalized spacial score (nSPS) is 15.2. The van der Waals surface area contributed by atoms with Gasteiger partial charge in [-0.05, 0) is 48.1 Å². The van der Waals surface area contributed by atoms with Gasteiger partial charge in [0.05, 0.1) is 23.8 Å². The number of hydrogen-bond donors (Lipinski definition) is 1. The number of morpholine rings is 1. The summed E-state index contributed by atoms with van der Waals surface area (Å²) in [5.74, 6) is 0.509. The maximum atomic E-state index is 12.7. The van der Waals surface area contributed by atoms with Crippen LogP contribution in [0.3, 0.4) is 0 Å². The zero-order chi connectivity index (χ0) is 22.0. The number of hydrogen-bond acceptors (Lipinski definition) is 7. The highest BCUT2D eigenvalue weighted by Gasteiger charge is 2.16. The molecule has 0 radical (unpaired) electrons. The van der Waals surface area contributed by atoms with E-state index in [4.69, 9.17) is 10.5 Å². The van der Waals surface area contributed by atoms with Crippen molar-refractivity contribution in [3.05, 3.63) is 50.9 Å². The van der Waals surface area contributed by atoms with Crippen LogP contribution in [0.1, 0.15) is 27.1 Å². The van der Waals surface area contributed by atoms with Gasteiger partial charge < -0.3 is 15.4 Å². The third kappa shape index (κ3) is 4.98. The molecule has 0 bridgehead atoms.